The minimum Gasteiger partial charge on any atom is -0.317 e. The summed E-state index contributed by atoms with van der Waals surface area (Å²) in [6.07, 6.45) is 11.1. The van der Waals surface area contributed by atoms with E-state index in [1.165, 1.54) is 71.0 Å². The molecule has 0 bridgehead atoms. The summed E-state index contributed by atoms with van der Waals surface area (Å²) in [5, 5.41) is 3.52. The van der Waals surface area contributed by atoms with E-state index in [0.29, 0.717) is 5.41 Å². The van der Waals surface area contributed by atoms with Crippen molar-refractivity contribution < 1.29 is 0 Å². The summed E-state index contributed by atoms with van der Waals surface area (Å²) < 4.78 is 2.45. The fourth-order valence-electron chi connectivity index (χ4n) is 3.36. The predicted octanol–water partition coefficient (Wildman–Crippen LogP) is 6.16. The van der Waals surface area contributed by atoms with Crippen LogP contribution in [0, 0.1) is 5.41 Å². The van der Waals surface area contributed by atoms with Gasteiger partial charge < -0.3 is 5.32 Å². The van der Waals surface area contributed by atoms with Crippen molar-refractivity contribution in [2.45, 2.75) is 58.3 Å². The highest BCUT2D eigenvalue weighted by Crippen LogP contribution is 2.44. The van der Waals surface area contributed by atoms with Crippen LogP contribution < -0.4 is 5.32 Å². The van der Waals surface area contributed by atoms with Crippen LogP contribution in [0.3, 0.4) is 0 Å². The van der Waals surface area contributed by atoms with Crippen LogP contribution in [0.15, 0.2) is 14.3 Å². The van der Waals surface area contributed by atoms with Gasteiger partial charge in [0.2, 0.25) is 0 Å². The highest BCUT2D eigenvalue weighted by molar-refractivity contribution is 9.13. The van der Waals surface area contributed by atoms with E-state index in [2.05, 4.69) is 50.2 Å². The Morgan fingerprint density at radius 3 is 2.55 bits per heavy atom. The second-order valence-corrected chi connectivity index (χ2v) is 9.31. The summed E-state index contributed by atoms with van der Waals surface area (Å²) in [6, 6.07) is 2.29. The van der Waals surface area contributed by atoms with E-state index in [1.807, 2.05) is 11.3 Å². The molecule has 2 rings (SSSR count). The molecule has 1 N–H and O–H groups in total. The molecule has 0 spiro atoms. The lowest BCUT2D eigenvalue weighted by Gasteiger charge is -2.37. The number of thiophene rings is 1. The maximum Gasteiger partial charge on any atom is 0.0843 e. The summed E-state index contributed by atoms with van der Waals surface area (Å²) >= 11 is 9.09. The zero-order chi connectivity index (χ0) is 14.4. The van der Waals surface area contributed by atoms with Crippen molar-refractivity contribution in [3.05, 3.63) is 19.2 Å². The molecular formula is C16H25Br2NS. The predicted molar refractivity (Wildman–Crippen MR) is 96.7 cm³/mol. The van der Waals surface area contributed by atoms with Gasteiger partial charge in [-0.25, -0.2) is 0 Å². The van der Waals surface area contributed by atoms with Crippen LogP contribution in [0.25, 0.3) is 0 Å². The summed E-state index contributed by atoms with van der Waals surface area (Å²) in [7, 11) is 0. The van der Waals surface area contributed by atoms with Crippen molar-refractivity contribution in [1.29, 1.82) is 0 Å². The van der Waals surface area contributed by atoms with Crippen LogP contribution in [0.4, 0.5) is 0 Å². The van der Waals surface area contributed by atoms with Crippen LogP contribution in [-0.2, 0) is 6.42 Å². The van der Waals surface area contributed by atoms with Gasteiger partial charge in [0.1, 0.15) is 0 Å². The maximum atomic E-state index is 3.61. The summed E-state index contributed by atoms with van der Waals surface area (Å²) in [4.78, 5) is 1.51. The molecule has 0 aromatic carbocycles. The lowest BCUT2D eigenvalue weighted by atomic mass is 9.69. The van der Waals surface area contributed by atoms with Gasteiger partial charge in [-0.3, -0.25) is 0 Å². The molecule has 0 saturated heterocycles. The van der Waals surface area contributed by atoms with E-state index in [-0.39, 0.29) is 0 Å². The Morgan fingerprint density at radius 1 is 1.20 bits per heavy atom. The third-order valence-electron chi connectivity index (χ3n) is 4.59. The molecule has 0 radical (unpaired) electrons. The molecule has 1 aromatic rings. The molecule has 4 heteroatoms. The third-order valence-corrected chi connectivity index (χ3v) is 7.91. The molecule has 1 fully saturated rings. The summed E-state index contributed by atoms with van der Waals surface area (Å²) in [5.41, 5.74) is 0.601. The molecule has 1 nitrogen and oxygen atoms in total. The molecular weight excluding hydrogens is 398 g/mol. The maximum absolute atomic E-state index is 3.61. The Labute approximate surface area is 144 Å². The zero-order valence-electron chi connectivity index (χ0n) is 12.3. The van der Waals surface area contributed by atoms with Crippen molar-refractivity contribution in [2.75, 3.05) is 13.1 Å². The van der Waals surface area contributed by atoms with Crippen molar-refractivity contribution in [3.63, 3.8) is 0 Å². The van der Waals surface area contributed by atoms with Crippen molar-refractivity contribution in [3.8, 4) is 0 Å². The van der Waals surface area contributed by atoms with Gasteiger partial charge in [-0.1, -0.05) is 26.2 Å². The van der Waals surface area contributed by atoms with Crippen LogP contribution in [0.2, 0.25) is 0 Å². The van der Waals surface area contributed by atoms with E-state index in [4.69, 9.17) is 0 Å². The largest absolute Gasteiger partial charge is 0.317 e. The van der Waals surface area contributed by atoms with E-state index in [0.717, 1.165) is 6.54 Å². The third kappa shape index (κ3) is 4.82. The summed E-state index contributed by atoms with van der Waals surface area (Å²) in [6.45, 7) is 4.49. The topological polar surface area (TPSA) is 12.0 Å². The number of halogens is 2. The second kappa shape index (κ2) is 8.30. The fraction of sp³-hybridized carbons (Fsp3) is 0.750. The minimum absolute atomic E-state index is 0.601. The zero-order valence-corrected chi connectivity index (χ0v) is 16.3. The van der Waals surface area contributed by atoms with E-state index >= 15 is 0 Å². The molecule has 0 atom stereocenters. The first kappa shape index (κ1) is 17.0. The highest BCUT2D eigenvalue weighted by atomic mass is 79.9. The van der Waals surface area contributed by atoms with Crippen molar-refractivity contribution in [2.24, 2.45) is 5.41 Å². The van der Waals surface area contributed by atoms with Gasteiger partial charge in [0.15, 0.2) is 0 Å². The van der Waals surface area contributed by atoms with Gasteiger partial charge in [-0.05, 0) is 88.5 Å². The first-order valence-corrected chi connectivity index (χ1v) is 10.2. The molecule has 1 heterocycles. The normalized spacial score (nSPS) is 18.4. The highest BCUT2D eigenvalue weighted by Gasteiger charge is 2.31. The quantitative estimate of drug-likeness (QED) is 0.519. The molecule has 0 unspecified atom stereocenters. The molecule has 0 amide bonds. The number of nitrogens with one attached hydrogen (secondary N) is 1. The number of hydrogen-bond acceptors (Lipinski definition) is 2. The van der Waals surface area contributed by atoms with E-state index < -0.39 is 0 Å². The molecule has 114 valence electrons. The Balaban J connectivity index is 1.92. The van der Waals surface area contributed by atoms with E-state index in [1.54, 1.807) is 0 Å². The Hall–Kier alpha value is 0.620. The Kier molecular flexibility index (Phi) is 7.05. The van der Waals surface area contributed by atoms with Crippen molar-refractivity contribution in [1.82, 2.24) is 5.32 Å². The van der Waals surface area contributed by atoms with Gasteiger partial charge in [-0.15, -0.1) is 11.3 Å². The second-order valence-electron chi connectivity index (χ2n) is 6.00. The average molecular weight is 423 g/mol. The van der Waals surface area contributed by atoms with Gasteiger partial charge >= 0.3 is 0 Å². The molecule has 1 saturated carbocycles. The SMILES string of the molecule is CCNCCC1(CCc2cc(Br)c(Br)s2)CCCCC1. The lowest BCUT2D eigenvalue weighted by Crippen LogP contribution is -2.29. The first-order valence-electron chi connectivity index (χ1n) is 7.80. The molecule has 20 heavy (non-hydrogen) atoms. The van der Waals surface area contributed by atoms with Crippen molar-refractivity contribution >= 4 is 43.2 Å². The lowest BCUT2D eigenvalue weighted by molar-refractivity contribution is 0.157. The molecule has 1 aromatic heterocycles. The van der Waals surface area contributed by atoms with Crippen LogP contribution in [0.5, 0.6) is 0 Å². The van der Waals surface area contributed by atoms with Gasteiger partial charge in [0, 0.05) is 9.35 Å². The fourth-order valence-corrected chi connectivity index (χ4v) is 5.54. The monoisotopic (exact) mass is 421 g/mol. The van der Waals surface area contributed by atoms with Crippen LogP contribution in [0.1, 0.15) is 56.7 Å². The number of hydrogen-bond donors (Lipinski definition) is 1. The number of rotatable bonds is 7. The molecule has 0 aliphatic heterocycles. The molecule has 1 aliphatic carbocycles. The van der Waals surface area contributed by atoms with E-state index in [9.17, 15) is 0 Å². The Bertz CT molecular complexity index is 391. The standard InChI is InChI=1S/C16H25Br2NS/c1-2-19-11-10-16(7-4-3-5-8-16)9-6-13-12-14(17)15(18)20-13/h12,19H,2-11H2,1H3. The van der Waals surface area contributed by atoms with Gasteiger partial charge in [0.25, 0.3) is 0 Å². The molecule has 1 aliphatic rings. The number of aryl methyl sites for hydroxylation is 1. The Morgan fingerprint density at radius 2 is 1.95 bits per heavy atom. The average Bonchev–Trinajstić information content (AvgIpc) is 2.77. The first-order chi connectivity index (χ1) is 9.65. The minimum atomic E-state index is 0.601. The van der Waals surface area contributed by atoms with Gasteiger partial charge in [-0.2, -0.15) is 0 Å². The summed E-state index contributed by atoms with van der Waals surface area (Å²) in [5.74, 6) is 0. The van der Waals surface area contributed by atoms with Gasteiger partial charge in [0.05, 0.1) is 3.79 Å². The van der Waals surface area contributed by atoms with Crippen LogP contribution in [-0.4, -0.2) is 13.1 Å². The van der Waals surface area contributed by atoms with Crippen LogP contribution >= 0.6 is 43.2 Å². The smallest absolute Gasteiger partial charge is 0.0843 e.